The number of aryl methyl sites for hydroxylation is 1. The van der Waals surface area contributed by atoms with E-state index >= 15 is 0 Å². The summed E-state index contributed by atoms with van der Waals surface area (Å²) in [5, 5.41) is 9.11. The summed E-state index contributed by atoms with van der Waals surface area (Å²) in [6.45, 7) is 1.73. The monoisotopic (exact) mass is 220 g/mol. The fourth-order valence-electron chi connectivity index (χ4n) is 1.74. The van der Waals surface area contributed by atoms with Crippen LogP contribution in [0.25, 0.3) is 0 Å². The zero-order chi connectivity index (χ0) is 11.8. The lowest BCUT2D eigenvalue weighted by atomic mass is 9.77. The molecule has 1 aromatic rings. The third-order valence-corrected chi connectivity index (χ3v) is 2.93. The van der Waals surface area contributed by atoms with Gasteiger partial charge in [-0.15, -0.1) is 0 Å². The smallest absolute Gasteiger partial charge is 0.322 e. The molecule has 0 aromatic heterocycles. The van der Waals surface area contributed by atoms with Crippen molar-refractivity contribution in [3.05, 3.63) is 35.4 Å². The molecule has 0 atom stereocenters. The Morgan fingerprint density at radius 1 is 1.31 bits per heavy atom. The molecule has 0 aliphatic carbocycles. The van der Waals surface area contributed by atoms with Crippen LogP contribution >= 0.6 is 0 Å². The third kappa shape index (κ3) is 1.42. The number of carbonyl (C=O) groups excluding carboxylic acids is 1. The van der Waals surface area contributed by atoms with Gasteiger partial charge in [-0.2, -0.15) is 0 Å². The Morgan fingerprint density at radius 2 is 1.94 bits per heavy atom. The van der Waals surface area contributed by atoms with E-state index in [1.54, 1.807) is 25.1 Å². The van der Waals surface area contributed by atoms with Gasteiger partial charge in [0, 0.05) is 5.56 Å². The predicted molar refractivity (Wildman–Crippen MR) is 56.4 cm³/mol. The van der Waals surface area contributed by atoms with Crippen LogP contribution in [0.4, 0.5) is 0 Å². The van der Waals surface area contributed by atoms with E-state index in [4.69, 9.17) is 9.84 Å². The summed E-state index contributed by atoms with van der Waals surface area (Å²) in [5.74, 6) is -1.46. The fraction of sp³-hybridized carbons (Fsp3) is 0.333. The number of hydrogen-bond acceptors (Lipinski definition) is 3. The second-order valence-electron chi connectivity index (χ2n) is 4.02. The average molecular weight is 220 g/mol. The lowest BCUT2D eigenvalue weighted by molar-refractivity contribution is -0.168. The van der Waals surface area contributed by atoms with Crippen LogP contribution < -0.4 is 0 Å². The van der Waals surface area contributed by atoms with Gasteiger partial charge < -0.3 is 9.84 Å². The maximum atomic E-state index is 12.2. The SMILES string of the molecule is Cc1ccccc1C(=O)C1(C(=O)O)COC1. The van der Waals surface area contributed by atoms with E-state index < -0.39 is 11.4 Å². The van der Waals surface area contributed by atoms with Gasteiger partial charge in [0.1, 0.15) is 0 Å². The van der Waals surface area contributed by atoms with E-state index in [-0.39, 0.29) is 19.0 Å². The van der Waals surface area contributed by atoms with E-state index in [9.17, 15) is 9.59 Å². The molecule has 84 valence electrons. The van der Waals surface area contributed by atoms with Gasteiger partial charge in [0.2, 0.25) is 0 Å². The fourth-order valence-corrected chi connectivity index (χ4v) is 1.74. The van der Waals surface area contributed by atoms with E-state index in [0.29, 0.717) is 5.56 Å². The van der Waals surface area contributed by atoms with E-state index in [1.807, 2.05) is 6.07 Å². The lowest BCUT2D eigenvalue weighted by Gasteiger charge is -2.36. The normalized spacial score (nSPS) is 17.6. The second-order valence-corrected chi connectivity index (χ2v) is 4.02. The molecule has 1 heterocycles. The summed E-state index contributed by atoms with van der Waals surface area (Å²) in [5.41, 5.74) is -0.111. The van der Waals surface area contributed by atoms with Crippen molar-refractivity contribution in [1.29, 1.82) is 0 Å². The number of ketones is 1. The molecule has 0 spiro atoms. The number of rotatable bonds is 3. The van der Waals surface area contributed by atoms with Gasteiger partial charge in [0.25, 0.3) is 0 Å². The first-order valence-corrected chi connectivity index (χ1v) is 4.99. The number of carboxylic acid groups (broad SMARTS) is 1. The molecule has 0 saturated carbocycles. The molecule has 1 aromatic carbocycles. The minimum atomic E-state index is -1.37. The molecule has 1 saturated heterocycles. The van der Waals surface area contributed by atoms with Gasteiger partial charge in [-0.05, 0) is 12.5 Å². The van der Waals surface area contributed by atoms with Gasteiger partial charge in [-0.25, -0.2) is 0 Å². The van der Waals surface area contributed by atoms with Crippen molar-refractivity contribution in [3.8, 4) is 0 Å². The first-order chi connectivity index (χ1) is 7.58. The predicted octanol–water partition coefficient (Wildman–Crippen LogP) is 1.28. The van der Waals surface area contributed by atoms with Crippen LogP contribution in [-0.4, -0.2) is 30.1 Å². The van der Waals surface area contributed by atoms with E-state index in [0.717, 1.165) is 5.56 Å². The topological polar surface area (TPSA) is 63.6 Å². The molecular formula is C12H12O4. The standard InChI is InChI=1S/C12H12O4/c1-8-4-2-3-5-9(8)10(13)12(11(14)15)6-16-7-12/h2-5H,6-7H2,1H3,(H,14,15). The number of carbonyl (C=O) groups is 2. The first kappa shape index (κ1) is 10.8. The highest BCUT2D eigenvalue weighted by Crippen LogP contribution is 2.32. The van der Waals surface area contributed by atoms with Gasteiger partial charge in [-0.1, -0.05) is 24.3 Å². The molecule has 1 aliphatic rings. The summed E-state index contributed by atoms with van der Waals surface area (Å²) in [7, 11) is 0. The summed E-state index contributed by atoms with van der Waals surface area (Å²) in [6.07, 6.45) is 0. The maximum Gasteiger partial charge on any atom is 0.322 e. The summed E-state index contributed by atoms with van der Waals surface area (Å²) in [6, 6.07) is 7.00. The number of carboxylic acids is 1. The number of hydrogen-bond donors (Lipinski definition) is 1. The number of aliphatic carboxylic acids is 1. The van der Waals surface area contributed by atoms with Crippen LogP contribution in [0.2, 0.25) is 0 Å². The third-order valence-electron chi connectivity index (χ3n) is 2.93. The molecular weight excluding hydrogens is 208 g/mol. The van der Waals surface area contributed by atoms with Crippen LogP contribution in [0.5, 0.6) is 0 Å². The van der Waals surface area contributed by atoms with Crippen molar-refractivity contribution in [2.24, 2.45) is 5.41 Å². The van der Waals surface area contributed by atoms with Crippen molar-refractivity contribution in [2.75, 3.05) is 13.2 Å². The van der Waals surface area contributed by atoms with E-state index in [1.165, 1.54) is 0 Å². The van der Waals surface area contributed by atoms with Gasteiger partial charge >= 0.3 is 5.97 Å². The Balaban J connectivity index is 2.39. The quantitative estimate of drug-likeness (QED) is 0.615. The van der Waals surface area contributed by atoms with Crippen molar-refractivity contribution in [1.82, 2.24) is 0 Å². The Morgan fingerprint density at radius 3 is 2.38 bits per heavy atom. The summed E-state index contributed by atoms with van der Waals surface area (Å²) < 4.78 is 4.88. The molecule has 1 aliphatic heterocycles. The average Bonchev–Trinajstić information content (AvgIpc) is 2.15. The molecule has 1 N–H and O–H groups in total. The molecule has 1 fully saturated rings. The summed E-state index contributed by atoms with van der Waals surface area (Å²) in [4.78, 5) is 23.3. The lowest BCUT2D eigenvalue weighted by Crippen LogP contribution is -2.55. The maximum absolute atomic E-state index is 12.2. The minimum absolute atomic E-state index is 0.0322. The van der Waals surface area contributed by atoms with Crippen LogP contribution in [0.15, 0.2) is 24.3 Å². The highest BCUT2D eigenvalue weighted by Gasteiger charge is 2.53. The van der Waals surface area contributed by atoms with Crippen molar-refractivity contribution in [2.45, 2.75) is 6.92 Å². The zero-order valence-corrected chi connectivity index (χ0v) is 8.90. The van der Waals surface area contributed by atoms with Gasteiger partial charge in [0.05, 0.1) is 13.2 Å². The number of benzene rings is 1. The molecule has 4 nitrogen and oxygen atoms in total. The Bertz CT molecular complexity index is 446. The van der Waals surface area contributed by atoms with Crippen molar-refractivity contribution in [3.63, 3.8) is 0 Å². The van der Waals surface area contributed by atoms with Crippen molar-refractivity contribution < 1.29 is 19.4 Å². The van der Waals surface area contributed by atoms with E-state index in [2.05, 4.69) is 0 Å². The van der Waals surface area contributed by atoms with Crippen LogP contribution in [0, 0.1) is 12.3 Å². The van der Waals surface area contributed by atoms with Gasteiger partial charge in [0.15, 0.2) is 11.2 Å². The second kappa shape index (κ2) is 3.72. The van der Waals surface area contributed by atoms with Gasteiger partial charge in [-0.3, -0.25) is 9.59 Å². The Hall–Kier alpha value is -1.68. The molecule has 0 radical (unpaired) electrons. The highest BCUT2D eigenvalue weighted by molar-refractivity contribution is 6.13. The molecule has 4 heteroatoms. The van der Waals surface area contributed by atoms with Crippen molar-refractivity contribution >= 4 is 11.8 Å². The highest BCUT2D eigenvalue weighted by atomic mass is 16.5. The Labute approximate surface area is 92.8 Å². The zero-order valence-electron chi connectivity index (χ0n) is 8.90. The molecule has 2 rings (SSSR count). The minimum Gasteiger partial charge on any atom is -0.480 e. The molecule has 0 unspecified atom stereocenters. The molecule has 16 heavy (non-hydrogen) atoms. The van der Waals surface area contributed by atoms with Crippen LogP contribution in [0.1, 0.15) is 15.9 Å². The molecule has 0 amide bonds. The summed E-state index contributed by atoms with van der Waals surface area (Å²) >= 11 is 0. The first-order valence-electron chi connectivity index (χ1n) is 4.99. The largest absolute Gasteiger partial charge is 0.480 e. The van der Waals surface area contributed by atoms with Crippen LogP contribution in [-0.2, 0) is 9.53 Å². The number of ether oxygens (including phenoxy) is 1. The molecule has 0 bridgehead atoms. The Kier molecular flexibility index (Phi) is 2.52. The van der Waals surface area contributed by atoms with Crippen LogP contribution in [0.3, 0.4) is 0 Å². The number of Topliss-reactive ketones (excluding diaryl/α,β-unsaturated/α-hetero) is 1.